The molecular weight excluding hydrogens is 1310 g/mol. The molecular formula is C101H65N7. The maximum atomic E-state index is 4.67. The monoisotopic (exact) mass is 1380 g/mol. The molecule has 0 aliphatic heterocycles. The first-order chi connectivity index (χ1) is 53.6. The summed E-state index contributed by atoms with van der Waals surface area (Å²) < 4.78 is 9.62. The van der Waals surface area contributed by atoms with Crippen LogP contribution in [0.1, 0.15) is 0 Å². The largest absolute Gasteiger partial charge is 0.309 e. The van der Waals surface area contributed by atoms with Crippen LogP contribution in [0.25, 0.3) is 199 Å². The van der Waals surface area contributed by atoms with Gasteiger partial charge in [-0.25, -0.2) is 0 Å². The van der Waals surface area contributed by atoms with E-state index in [2.05, 4.69) is 397 Å². The molecule has 7 heteroatoms. The zero-order valence-electron chi connectivity index (χ0n) is 58.7. The number of hydrogen-bond acceptors (Lipinski definition) is 3. The van der Waals surface area contributed by atoms with Crippen molar-refractivity contribution in [1.29, 1.82) is 0 Å². The van der Waals surface area contributed by atoms with Crippen LogP contribution in [0.2, 0.25) is 0 Å². The number of rotatable bonds is 10. The lowest BCUT2D eigenvalue weighted by Gasteiger charge is -2.13. The number of aromatic nitrogens is 7. The molecule has 504 valence electrons. The third-order valence-electron chi connectivity index (χ3n) is 21.8. The molecule has 0 bridgehead atoms. The predicted octanol–water partition coefficient (Wildman–Crippen LogP) is 26.3. The second-order valence-electron chi connectivity index (χ2n) is 27.9. The number of pyridine rings is 1. The summed E-state index contributed by atoms with van der Waals surface area (Å²) in [6.07, 6.45) is 5.41. The normalized spacial score (nSPS) is 11.7. The summed E-state index contributed by atoms with van der Waals surface area (Å²) in [7, 11) is 0. The number of fused-ring (bicyclic) bond motifs is 14. The Kier molecular flexibility index (Phi) is 14.8. The van der Waals surface area contributed by atoms with Gasteiger partial charge in [-0.2, -0.15) is 0 Å². The quantitative estimate of drug-likeness (QED) is 0.137. The fraction of sp³-hybridized carbons (Fsp3) is 0. The smallest absolute Gasteiger partial charge is 0.0965 e. The third kappa shape index (κ3) is 10.5. The minimum Gasteiger partial charge on any atom is -0.309 e. The molecule has 0 unspecified atom stereocenters. The van der Waals surface area contributed by atoms with Crippen molar-refractivity contribution < 1.29 is 0 Å². The molecule has 6 aromatic heterocycles. The molecule has 0 spiro atoms. The Balaban J connectivity index is 0.000000138. The summed E-state index contributed by atoms with van der Waals surface area (Å²) in [5.41, 5.74) is 30.9. The van der Waals surface area contributed by atoms with E-state index < -0.39 is 0 Å². The van der Waals surface area contributed by atoms with Gasteiger partial charge in [-0.3, -0.25) is 15.0 Å². The molecule has 0 radical (unpaired) electrons. The average Bonchev–Trinajstić information content (AvgIpc) is 1.59. The van der Waals surface area contributed by atoms with E-state index in [4.69, 9.17) is 0 Å². The molecule has 16 aromatic carbocycles. The Bertz CT molecular complexity index is 6790. The highest BCUT2D eigenvalue weighted by molar-refractivity contribution is 6.14. The molecule has 0 aliphatic carbocycles. The Morgan fingerprint density at radius 2 is 0.444 bits per heavy atom. The lowest BCUT2D eigenvalue weighted by molar-refractivity contribution is 1.18. The van der Waals surface area contributed by atoms with E-state index in [0.29, 0.717) is 0 Å². The second kappa shape index (κ2) is 25.7. The molecule has 0 fully saturated rings. The molecule has 0 N–H and O–H groups in total. The molecule has 22 aromatic rings. The standard InChI is InChI=1S/C51H33N3.C50H32N4/c1-5-22-47-42(18-1)41(28-29-52-47)38-15-9-12-34(30-38)35-13-10-17-40(31-35)54-50-25-8-4-21-45(50)46-27-26-37(33-51(46)54)36-14-11-16-39(32-36)53-48-23-6-2-19-43(48)44-20-3-7-24-49(44)53;1-4-22-46-41(17-1)42-18-2-5-23-47(42)53(46)38-15-9-13-35(31-38)36-25-26-44-43-19-3-6-24-48(43)54(49(44)32-36)39-16-8-12-34(30-39)33-11-7-14-37(29-33)40-20-10-21-45-50(40)52-28-27-51-45/h1-33H;1-32H. The van der Waals surface area contributed by atoms with Crippen LogP contribution in [0.3, 0.4) is 0 Å². The fourth-order valence-electron chi connectivity index (χ4n) is 16.9. The van der Waals surface area contributed by atoms with E-state index in [-0.39, 0.29) is 0 Å². The van der Waals surface area contributed by atoms with Crippen molar-refractivity contribution in [3.63, 3.8) is 0 Å². The molecule has 0 amide bonds. The number of benzene rings is 16. The van der Waals surface area contributed by atoms with Crippen molar-refractivity contribution in [2.75, 3.05) is 0 Å². The van der Waals surface area contributed by atoms with Crippen molar-refractivity contribution >= 4 is 109 Å². The molecule has 7 nitrogen and oxygen atoms in total. The minimum atomic E-state index is 0.895. The number of nitrogens with zero attached hydrogens (tertiary/aromatic N) is 7. The van der Waals surface area contributed by atoms with Gasteiger partial charge in [-0.15, -0.1) is 0 Å². The van der Waals surface area contributed by atoms with E-state index in [9.17, 15) is 0 Å². The number of hydrogen-bond donors (Lipinski definition) is 0. The van der Waals surface area contributed by atoms with Gasteiger partial charge >= 0.3 is 0 Å². The minimum absolute atomic E-state index is 0.895. The maximum Gasteiger partial charge on any atom is 0.0965 e. The van der Waals surface area contributed by atoms with E-state index in [1.54, 1.807) is 12.4 Å². The van der Waals surface area contributed by atoms with Gasteiger partial charge in [-0.1, -0.05) is 249 Å². The van der Waals surface area contributed by atoms with Gasteiger partial charge in [0.05, 0.1) is 60.7 Å². The summed E-state index contributed by atoms with van der Waals surface area (Å²) in [6.45, 7) is 0. The topological polar surface area (TPSA) is 58.4 Å². The van der Waals surface area contributed by atoms with E-state index in [0.717, 1.165) is 66.9 Å². The zero-order chi connectivity index (χ0) is 71.2. The SMILES string of the molecule is c1cc(-c2cccc(-n3c4ccccc4c4ccc(-c5cccc(-n6c7ccccc7c7ccccc76)c5)cc43)c2)cc(-c2cccc3nccnc23)c1.c1cc(-c2cccc(-n3c4ccccc4c4ccc(-c5cccc(-n6c7ccccc7c7ccccc76)c5)cc43)c2)cc(-c2ccnc3ccccc23)c1. The lowest BCUT2D eigenvalue weighted by atomic mass is 9.97. The Morgan fingerprint density at radius 3 is 0.861 bits per heavy atom. The van der Waals surface area contributed by atoms with Crippen LogP contribution in [-0.2, 0) is 0 Å². The Hall–Kier alpha value is -14.5. The van der Waals surface area contributed by atoms with E-state index in [1.165, 1.54) is 132 Å². The molecule has 22 rings (SSSR count). The van der Waals surface area contributed by atoms with Crippen LogP contribution in [0.4, 0.5) is 0 Å². The van der Waals surface area contributed by atoms with Gasteiger partial charge in [-0.05, 0) is 189 Å². The third-order valence-corrected chi connectivity index (χ3v) is 21.8. The van der Waals surface area contributed by atoms with E-state index in [1.807, 2.05) is 18.3 Å². The second-order valence-corrected chi connectivity index (χ2v) is 27.9. The van der Waals surface area contributed by atoms with Crippen LogP contribution in [0.15, 0.2) is 395 Å². The first-order valence-corrected chi connectivity index (χ1v) is 36.8. The van der Waals surface area contributed by atoms with Crippen LogP contribution in [-0.4, -0.2) is 33.2 Å². The van der Waals surface area contributed by atoms with Gasteiger partial charge in [0, 0.05) is 95.4 Å². The molecule has 0 saturated carbocycles. The predicted molar refractivity (Wildman–Crippen MR) is 451 cm³/mol. The van der Waals surface area contributed by atoms with Gasteiger partial charge < -0.3 is 18.3 Å². The van der Waals surface area contributed by atoms with Crippen molar-refractivity contribution in [3.8, 4) is 89.5 Å². The summed E-state index contributed by atoms with van der Waals surface area (Å²) in [5, 5.41) is 11.2. The highest BCUT2D eigenvalue weighted by atomic mass is 15.0. The summed E-state index contributed by atoms with van der Waals surface area (Å²) in [5.74, 6) is 0. The molecule has 108 heavy (non-hydrogen) atoms. The van der Waals surface area contributed by atoms with Crippen molar-refractivity contribution in [2.24, 2.45) is 0 Å². The van der Waals surface area contributed by atoms with Crippen molar-refractivity contribution in [1.82, 2.24) is 33.2 Å². The molecule has 6 heterocycles. The van der Waals surface area contributed by atoms with Crippen LogP contribution in [0.5, 0.6) is 0 Å². The van der Waals surface area contributed by atoms with E-state index >= 15 is 0 Å². The van der Waals surface area contributed by atoms with Gasteiger partial charge in [0.2, 0.25) is 0 Å². The van der Waals surface area contributed by atoms with Gasteiger partial charge in [0.1, 0.15) is 0 Å². The first-order valence-electron chi connectivity index (χ1n) is 36.8. The fourth-order valence-corrected chi connectivity index (χ4v) is 16.9. The van der Waals surface area contributed by atoms with Crippen LogP contribution in [0, 0.1) is 0 Å². The summed E-state index contributed by atoms with van der Waals surface area (Å²) in [6, 6.07) is 136. The first kappa shape index (κ1) is 62.1. The van der Waals surface area contributed by atoms with Crippen LogP contribution >= 0.6 is 0 Å². The zero-order valence-corrected chi connectivity index (χ0v) is 58.7. The molecule has 0 atom stereocenters. The highest BCUT2D eigenvalue weighted by Gasteiger charge is 2.20. The Labute approximate surface area is 622 Å². The lowest BCUT2D eigenvalue weighted by Crippen LogP contribution is -1.95. The van der Waals surface area contributed by atoms with Crippen LogP contribution < -0.4 is 0 Å². The van der Waals surface area contributed by atoms with Crippen molar-refractivity contribution in [3.05, 3.63) is 395 Å². The highest BCUT2D eigenvalue weighted by Crippen LogP contribution is 2.42. The van der Waals surface area contributed by atoms with Gasteiger partial charge in [0.15, 0.2) is 0 Å². The average molecular weight is 1380 g/mol. The number of para-hydroxylation sites is 8. The summed E-state index contributed by atoms with van der Waals surface area (Å²) in [4.78, 5) is 13.8. The molecule has 0 aliphatic rings. The van der Waals surface area contributed by atoms with Crippen molar-refractivity contribution in [2.45, 2.75) is 0 Å². The molecule has 0 saturated heterocycles. The summed E-state index contributed by atoms with van der Waals surface area (Å²) >= 11 is 0. The van der Waals surface area contributed by atoms with Gasteiger partial charge in [0.25, 0.3) is 0 Å². The Morgan fingerprint density at radius 1 is 0.157 bits per heavy atom. The maximum absolute atomic E-state index is 4.67.